The number of hydrogen-bond donors (Lipinski definition) is 1. The first-order valence-electron chi connectivity index (χ1n) is 10.6. The van der Waals surface area contributed by atoms with Crippen LogP contribution in [0.2, 0.25) is 0 Å². The first-order chi connectivity index (χ1) is 15.5. The number of nitrogens with zero attached hydrogens (tertiary/aromatic N) is 3. The summed E-state index contributed by atoms with van der Waals surface area (Å²) in [6.45, 7) is 8.60. The van der Waals surface area contributed by atoms with Gasteiger partial charge in [-0.2, -0.15) is 0 Å². The highest BCUT2D eigenvalue weighted by Crippen LogP contribution is 2.29. The molecule has 0 spiro atoms. The molecule has 3 rings (SSSR count). The van der Waals surface area contributed by atoms with E-state index in [1.807, 2.05) is 53.9 Å². The van der Waals surface area contributed by atoms with Crippen molar-refractivity contribution in [3.8, 4) is 0 Å². The number of hydrogen-bond acceptors (Lipinski definition) is 5. The highest BCUT2D eigenvalue weighted by molar-refractivity contribution is 7.14. The molecule has 0 radical (unpaired) electrons. The number of carbonyl (C=O) groups is 2. The van der Waals surface area contributed by atoms with Crippen molar-refractivity contribution in [2.45, 2.75) is 27.3 Å². The first-order valence-corrected chi connectivity index (χ1v) is 11.5. The molecule has 0 saturated carbocycles. The molecular weight excluding hydrogens is 420 g/mol. The predicted octanol–water partition coefficient (Wildman–Crippen LogP) is 5.32. The summed E-state index contributed by atoms with van der Waals surface area (Å²) in [4.78, 5) is 33.0. The number of benzene rings is 2. The van der Waals surface area contributed by atoms with Crippen LogP contribution in [0, 0.1) is 0 Å². The van der Waals surface area contributed by atoms with E-state index in [0.717, 1.165) is 36.6 Å². The summed E-state index contributed by atoms with van der Waals surface area (Å²) in [7, 11) is 0. The van der Waals surface area contributed by atoms with Crippen molar-refractivity contribution < 1.29 is 9.59 Å². The second-order valence-electron chi connectivity index (χ2n) is 7.23. The molecule has 0 unspecified atom stereocenters. The number of nitrogens with one attached hydrogen (secondary N) is 1. The van der Waals surface area contributed by atoms with Crippen LogP contribution in [0.1, 0.15) is 32.0 Å². The summed E-state index contributed by atoms with van der Waals surface area (Å²) >= 11 is 1.35. The summed E-state index contributed by atoms with van der Waals surface area (Å²) in [5.74, 6) is -0.352. The van der Waals surface area contributed by atoms with E-state index in [0.29, 0.717) is 10.8 Å². The summed E-state index contributed by atoms with van der Waals surface area (Å²) < 4.78 is 0. The zero-order valence-corrected chi connectivity index (χ0v) is 19.4. The maximum atomic E-state index is 12.4. The van der Waals surface area contributed by atoms with Gasteiger partial charge >= 0.3 is 0 Å². The van der Waals surface area contributed by atoms with Crippen molar-refractivity contribution in [2.75, 3.05) is 23.3 Å². The number of anilines is 3. The second-order valence-corrected chi connectivity index (χ2v) is 8.07. The SMILES string of the molecule is CCN(CC)Cc1cccc(NC(=O)/C=C/c2csc(N(C(C)=O)c3ccccc3)n2)c1. The van der Waals surface area contributed by atoms with Crippen LogP contribution in [0.15, 0.2) is 66.1 Å². The third kappa shape index (κ3) is 6.35. The second kappa shape index (κ2) is 11.4. The minimum Gasteiger partial charge on any atom is -0.323 e. The largest absolute Gasteiger partial charge is 0.323 e. The van der Waals surface area contributed by atoms with Crippen LogP contribution in [0.4, 0.5) is 16.5 Å². The molecular formula is C25H28N4O2S. The molecule has 0 aliphatic carbocycles. The lowest BCUT2D eigenvalue weighted by molar-refractivity contribution is -0.116. The molecule has 0 bridgehead atoms. The molecule has 2 amide bonds. The van der Waals surface area contributed by atoms with Crippen LogP contribution in [-0.4, -0.2) is 34.8 Å². The van der Waals surface area contributed by atoms with Gasteiger partial charge in [-0.05, 0) is 49.0 Å². The highest BCUT2D eigenvalue weighted by Gasteiger charge is 2.17. The molecule has 6 nitrogen and oxygen atoms in total. The van der Waals surface area contributed by atoms with Gasteiger partial charge in [0.1, 0.15) is 0 Å². The maximum Gasteiger partial charge on any atom is 0.248 e. The van der Waals surface area contributed by atoms with Gasteiger partial charge in [0.15, 0.2) is 5.13 Å². The van der Waals surface area contributed by atoms with Gasteiger partial charge < -0.3 is 5.32 Å². The van der Waals surface area contributed by atoms with Gasteiger partial charge in [0.2, 0.25) is 11.8 Å². The van der Waals surface area contributed by atoms with Gasteiger partial charge in [0.05, 0.1) is 11.4 Å². The molecule has 1 N–H and O–H groups in total. The van der Waals surface area contributed by atoms with Crippen LogP contribution in [0.25, 0.3) is 6.08 Å². The maximum absolute atomic E-state index is 12.4. The van der Waals surface area contributed by atoms with Crippen molar-refractivity contribution in [1.29, 1.82) is 0 Å². The smallest absolute Gasteiger partial charge is 0.248 e. The lowest BCUT2D eigenvalue weighted by Crippen LogP contribution is -2.22. The zero-order valence-electron chi connectivity index (χ0n) is 18.6. The number of para-hydroxylation sites is 1. The number of aromatic nitrogens is 1. The number of amides is 2. The fourth-order valence-electron chi connectivity index (χ4n) is 3.26. The van der Waals surface area contributed by atoms with Crippen LogP contribution < -0.4 is 10.2 Å². The van der Waals surface area contributed by atoms with E-state index in [1.165, 1.54) is 24.3 Å². The van der Waals surface area contributed by atoms with Gasteiger partial charge in [-0.3, -0.25) is 19.4 Å². The topological polar surface area (TPSA) is 65.5 Å². The van der Waals surface area contributed by atoms with E-state index in [4.69, 9.17) is 0 Å². The monoisotopic (exact) mass is 448 g/mol. The van der Waals surface area contributed by atoms with E-state index in [2.05, 4.69) is 35.1 Å². The Balaban J connectivity index is 1.65. The van der Waals surface area contributed by atoms with Gasteiger partial charge in [-0.15, -0.1) is 11.3 Å². The van der Waals surface area contributed by atoms with E-state index in [9.17, 15) is 9.59 Å². The Bertz CT molecular complexity index is 1070. The van der Waals surface area contributed by atoms with Crippen molar-refractivity contribution in [3.05, 3.63) is 77.3 Å². The third-order valence-corrected chi connectivity index (χ3v) is 5.78. The Hall–Kier alpha value is -3.29. The molecule has 32 heavy (non-hydrogen) atoms. The van der Waals surface area contributed by atoms with Gasteiger partial charge in [-0.25, -0.2) is 4.98 Å². The zero-order chi connectivity index (χ0) is 22.9. The minimum absolute atomic E-state index is 0.122. The van der Waals surface area contributed by atoms with Crippen LogP contribution in [0.3, 0.4) is 0 Å². The molecule has 0 saturated heterocycles. The molecule has 7 heteroatoms. The van der Waals surface area contributed by atoms with Crippen LogP contribution in [-0.2, 0) is 16.1 Å². The van der Waals surface area contributed by atoms with Crippen molar-refractivity contribution in [1.82, 2.24) is 9.88 Å². The Morgan fingerprint density at radius 1 is 1.06 bits per heavy atom. The van der Waals surface area contributed by atoms with Crippen molar-refractivity contribution in [2.24, 2.45) is 0 Å². The molecule has 0 aliphatic heterocycles. The van der Waals surface area contributed by atoms with Crippen molar-refractivity contribution in [3.63, 3.8) is 0 Å². The molecule has 0 fully saturated rings. The van der Waals surface area contributed by atoms with Gasteiger partial charge in [-0.1, -0.05) is 44.2 Å². The Morgan fingerprint density at radius 2 is 1.81 bits per heavy atom. The average Bonchev–Trinajstić information content (AvgIpc) is 3.25. The summed E-state index contributed by atoms with van der Waals surface area (Å²) in [6, 6.07) is 17.3. The standard InChI is InChI=1S/C25H28N4O2S/c1-4-28(5-2)17-20-10-9-11-21(16-20)26-24(31)15-14-22-18-32-25(27-22)29(19(3)30)23-12-7-6-8-13-23/h6-16,18H,4-5,17H2,1-3H3,(H,26,31)/b15-14+. The molecule has 0 aliphatic rings. The lowest BCUT2D eigenvalue weighted by Gasteiger charge is -2.18. The third-order valence-electron chi connectivity index (χ3n) is 4.93. The quantitative estimate of drug-likeness (QED) is 0.450. The minimum atomic E-state index is -0.231. The molecule has 1 heterocycles. The summed E-state index contributed by atoms with van der Waals surface area (Å²) in [5, 5.41) is 5.29. The Morgan fingerprint density at radius 3 is 2.50 bits per heavy atom. The lowest BCUT2D eigenvalue weighted by atomic mass is 10.2. The number of thiazole rings is 1. The van der Waals surface area contributed by atoms with E-state index in [-0.39, 0.29) is 11.8 Å². The molecule has 0 atom stereocenters. The van der Waals surface area contributed by atoms with Crippen molar-refractivity contribution >= 4 is 45.7 Å². The Labute approximate surface area is 193 Å². The molecule has 2 aromatic carbocycles. The summed E-state index contributed by atoms with van der Waals surface area (Å²) in [6.07, 6.45) is 3.11. The normalized spacial score (nSPS) is 11.1. The summed E-state index contributed by atoms with van der Waals surface area (Å²) in [5.41, 5.74) is 3.30. The first kappa shape index (κ1) is 23.4. The fourth-order valence-corrected chi connectivity index (χ4v) is 4.11. The Kier molecular flexibility index (Phi) is 8.30. The molecule has 3 aromatic rings. The number of carbonyl (C=O) groups excluding carboxylic acids is 2. The van der Waals surface area contributed by atoms with E-state index >= 15 is 0 Å². The van der Waals surface area contributed by atoms with Gasteiger partial charge in [0.25, 0.3) is 0 Å². The number of rotatable bonds is 9. The van der Waals surface area contributed by atoms with Crippen LogP contribution >= 0.6 is 11.3 Å². The fraction of sp³-hybridized carbons (Fsp3) is 0.240. The highest BCUT2D eigenvalue weighted by atomic mass is 32.1. The van der Waals surface area contributed by atoms with Crippen LogP contribution in [0.5, 0.6) is 0 Å². The molecule has 166 valence electrons. The van der Waals surface area contributed by atoms with E-state index < -0.39 is 0 Å². The van der Waals surface area contributed by atoms with E-state index in [1.54, 1.807) is 11.0 Å². The molecule has 1 aromatic heterocycles. The van der Waals surface area contributed by atoms with Gasteiger partial charge in [0, 0.05) is 30.6 Å². The average molecular weight is 449 g/mol. The predicted molar refractivity (Wildman–Crippen MR) is 132 cm³/mol.